The van der Waals surface area contributed by atoms with E-state index in [1.165, 1.54) is 12.2 Å². The van der Waals surface area contributed by atoms with Crippen LogP contribution in [0.5, 0.6) is 0 Å². The van der Waals surface area contributed by atoms with Gasteiger partial charge in [0, 0.05) is 6.08 Å². The molecule has 0 heterocycles. The van der Waals surface area contributed by atoms with E-state index in [2.05, 4.69) is 4.74 Å². The number of esters is 2. The van der Waals surface area contributed by atoms with Gasteiger partial charge in [-0.3, -0.25) is 0 Å². The standard InChI is InChI=1S/C9H16NO3.ClH/c1-5-6-8(11)13-9(12)7-10(2,3)4;/h5-6H,7H2,1-4H3;1H/q+1;/p-1/b6-5+;. The lowest BCUT2D eigenvalue weighted by Crippen LogP contribution is -3.00. The van der Waals surface area contributed by atoms with Crippen LogP contribution >= 0.6 is 0 Å². The Kier molecular flexibility index (Phi) is 7.31. The van der Waals surface area contributed by atoms with Crippen molar-refractivity contribution in [1.29, 1.82) is 0 Å². The highest BCUT2D eigenvalue weighted by atomic mass is 35.5. The fourth-order valence-corrected chi connectivity index (χ4v) is 0.702. The average molecular weight is 222 g/mol. The van der Waals surface area contributed by atoms with E-state index in [4.69, 9.17) is 0 Å². The molecule has 82 valence electrons. The molecule has 0 atom stereocenters. The monoisotopic (exact) mass is 221 g/mol. The second-order valence-corrected chi connectivity index (χ2v) is 3.74. The number of likely N-dealkylation sites (N-methyl/N-ethyl adjacent to an activating group) is 1. The summed E-state index contributed by atoms with van der Waals surface area (Å²) in [4.78, 5) is 21.9. The fraction of sp³-hybridized carbons (Fsp3) is 0.556. The minimum Gasteiger partial charge on any atom is -1.00 e. The first-order valence-corrected chi connectivity index (χ1v) is 4.03. The molecule has 4 nitrogen and oxygen atoms in total. The summed E-state index contributed by atoms with van der Waals surface area (Å²) in [5.41, 5.74) is 0. The summed E-state index contributed by atoms with van der Waals surface area (Å²) in [7, 11) is 5.55. The third-order valence-corrected chi connectivity index (χ3v) is 1.12. The summed E-state index contributed by atoms with van der Waals surface area (Å²) < 4.78 is 4.93. The van der Waals surface area contributed by atoms with Crippen LogP contribution in [0.1, 0.15) is 6.92 Å². The summed E-state index contributed by atoms with van der Waals surface area (Å²) in [6, 6.07) is 0. The van der Waals surface area contributed by atoms with E-state index in [-0.39, 0.29) is 19.0 Å². The Morgan fingerprint density at radius 3 is 2.14 bits per heavy atom. The quantitative estimate of drug-likeness (QED) is 0.226. The zero-order valence-corrected chi connectivity index (χ0v) is 9.67. The molecular formula is C9H16ClNO3. The van der Waals surface area contributed by atoms with E-state index in [0.717, 1.165) is 0 Å². The van der Waals surface area contributed by atoms with E-state index in [9.17, 15) is 9.59 Å². The molecule has 0 radical (unpaired) electrons. The van der Waals surface area contributed by atoms with E-state index in [1.54, 1.807) is 6.92 Å². The molecule has 0 unspecified atom stereocenters. The SMILES string of the molecule is C/C=C/C(=O)OC(=O)C[N+](C)(C)C.[Cl-]. The Hall–Kier alpha value is -0.870. The molecule has 0 amide bonds. The molecule has 0 aromatic rings. The van der Waals surface area contributed by atoms with Crippen LogP contribution in [0, 0.1) is 0 Å². The predicted molar refractivity (Wildman–Crippen MR) is 48.8 cm³/mol. The molecule has 0 N–H and O–H groups in total. The second kappa shape index (κ2) is 6.56. The van der Waals surface area contributed by atoms with Crippen LogP contribution < -0.4 is 12.4 Å². The van der Waals surface area contributed by atoms with Crippen molar-refractivity contribution in [2.24, 2.45) is 0 Å². The summed E-state index contributed by atoms with van der Waals surface area (Å²) in [5, 5.41) is 0. The van der Waals surface area contributed by atoms with Crippen molar-refractivity contribution in [3.8, 4) is 0 Å². The molecule has 0 spiro atoms. The average Bonchev–Trinajstić information content (AvgIpc) is 1.81. The molecule has 0 aliphatic rings. The van der Waals surface area contributed by atoms with Gasteiger partial charge in [-0.05, 0) is 6.92 Å². The summed E-state index contributed by atoms with van der Waals surface area (Å²) in [5.74, 6) is -1.11. The van der Waals surface area contributed by atoms with Gasteiger partial charge in [0.25, 0.3) is 0 Å². The van der Waals surface area contributed by atoms with Crippen molar-refractivity contribution in [3.63, 3.8) is 0 Å². The lowest BCUT2D eigenvalue weighted by Gasteiger charge is -2.21. The van der Waals surface area contributed by atoms with Crippen LogP contribution in [0.2, 0.25) is 0 Å². The first-order valence-electron chi connectivity index (χ1n) is 4.03. The molecule has 0 aromatic heterocycles. The van der Waals surface area contributed by atoms with Crippen molar-refractivity contribution in [1.82, 2.24) is 0 Å². The third-order valence-electron chi connectivity index (χ3n) is 1.12. The number of ether oxygens (including phenoxy) is 1. The zero-order chi connectivity index (χ0) is 10.5. The van der Waals surface area contributed by atoms with Gasteiger partial charge in [0.1, 0.15) is 0 Å². The number of carbonyl (C=O) groups excluding carboxylic acids is 2. The van der Waals surface area contributed by atoms with Crippen molar-refractivity contribution in [3.05, 3.63) is 12.2 Å². The molecule has 0 bridgehead atoms. The summed E-state index contributed by atoms with van der Waals surface area (Å²) in [6.07, 6.45) is 2.75. The smallest absolute Gasteiger partial charge is 0.369 e. The largest absolute Gasteiger partial charge is 1.00 e. The minimum absolute atomic E-state index is 0. The number of carbonyl (C=O) groups is 2. The van der Waals surface area contributed by atoms with Crippen LogP contribution in [0.3, 0.4) is 0 Å². The molecular weight excluding hydrogens is 206 g/mol. The topological polar surface area (TPSA) is 43.4 Å². The Bertz CT molecular complexity index is 231. The first-order chi connectivity index (χ1) is 5.85. The fourth-order valence-electron chi connectivity index (χ4n) is 0.702. The number of rotatable bonds is 3. The molecule has 0 saturated carbocycles. The minimum atomic E-state index is -0.610. The van der Waals surface area contributed by atoms with E-state index in [0.29, 0.717) is 4.48 Å². The molecule has 0 rings (SSSR count). The number of hydrogen-bond donors (Lipinski definition) is 0. The van der Waals surface area contributed by atoms with Crippen molar-refractivity contribution < 1.29 is 31.2 Å². The van der Waals surface area contributed by atoms with E-state index >= 15 is 0 Å². The van der Waals surface area contributed by atoms with Gasteiger partial charge < -0.3 is 21.6 Å². The normalized spacial score (nSPS) is 10.9. The van der Waals surface area contributed by atoms with Gasteiger partial charge in [0.15, 0.2) is 6.54 Å². The highest BCUT2D eigenvalue weighted by Gasteiger charge is 2.17. The van der Waals surface area contributed by atoms with Gasteiger partial charge in [0.2, 0.25) is 0 Å². The van der Waals surface area contributed by atoms with Gasteiger partial charge in [0.05, 0.1) is 21.1 Å². The van der Waals surface area contributed by atoms with Gasteiger partial charge >= 0.3 is 11.9 Å². The maximum atomic E-state index is 11.1. The number of quaternary nitrogens is 1. The molecule has 14 heavy (non-hydrogen) atoms. The second-order valence-electron chi connectivity index (χ2n) is 3.74. The lowest BCUT2D eigenvalue weighted by molar-refractivity contribution is -0.862. The summed E-state index contributed by atoms with van der Waals surface area (Å²) in [6.45, 7) is 1.87. The van der Waals surface area contributed by atoms with Crippen LogP contribution in [0.25, 0.3) is 0 Å². The maximum absolute atomic E-state index is 11.1. The van der Waals surface area contributed by atoms with Crippen LogP contribution in [0.4, 0.5) is 0 Å². The van der Waals surface area contributed by atoms with Crippen molar-refractivity contribution >= 4 is 11.9 Å². The molecule has 0 fully saturated rings. The molecule has 0 saturated heterocycles. The lowest BCUT2D eigenvalue weighted by atomic mass is 10.5. The van der Waals surface area contributed by atoms with Gasteiger partial charge in [-0.1, -0.05) is 6.08 Å². The summed E-state index contributed by atoms with van der Waals surface area (Å²) >= 11 is 0. The third kappa shape index (κ3) is 9.22. The van der Waals surface area contributed by atoms with Crippen LogP contribution in [-0.2, 0) is 14.3 Å². The highest BCUT2D eigenvalue weighted by molar-refractivity contribution is 5.92. The number of nitrogens with zero attached hydrogens (tertiary/aromatic N) is 1. The van der Waals surface area contributed by atoms with Crippen molar-refractivity contribution in [2.45, 2.75) is 6.92 Å². The zero-order valence-electron chi connectivity index (χ0n) is 8.91. The van der Waals surface area contributed by atoms with Gasteiger partial charge in [-0.25, -0.2) is 9.59 Å². The Balaban J connectivity index is 0. The molecule has 5 heteroatoms. The van der Waals surface area contributed by atoms with Crippen LogP contribution in [-0.4, -0.2) is 44.1 Å². The molecule has 0 aromatic carbocycles. The molecule has 0 aliphatic carbocycles. The Labute approximate surface area is 90.5 Å². The Morgan fingerprint density at radius 1 is 1.29 bits per heavy atom. The number of allylic oxidation sites excluding steroid dienone is 1. The Morgan fingerprint density at radius 2 is 1.79 bits per heavy atom. The predicted octanol–water partition coefficient (Wildman–Crippen LogP) is -2.66. The first kappa shape index (κ1) is 15.6. The highest BCUT2D eigenvalue weighted by Crippen LogP contribution is 1.92. The number of hydrogen-bond acceptors (Lipinski definition) is 3. The van der Waals surface area contributed by atoms with E-state index < -0.39 is 11.9 Å². The number of halogens is 1. The van der Waals surface area contributed by atoms with Crippen molar-refractivity contribution in [2.75, 3.05) is 27.7 Å². The van der Waals surface area contributed by atoms with Gasteiger partial charge in [-0.2, -0.15) is 0 Å². The van der Waals surface area contributed by atoms with Crippen LogP contribution in [0.15, 0.2) is 12.2 Å². The maximum Gasteiger partial charge on any atom is 0.369 e. The van der Waals surface area contributed by atoms with E-state index in [1.807, 2.05) is 21.1 Å². The van der Waals surface area contributed by atoms with Gasteiger partial charge in [-0.15, -0.1) is 0 Å². The molecule has 0 aliphatic heterocycles.